The van der Waals surface area contributed by atoms with E-state index in [0.29, 0.717) is 31.5 Å². The summed E-state index contributed by atoms with van der Waals surface area (Å²) in [6.45, 7) is 1.19. The molecule has 1 aromatic carbocycles. The third-order valence-corrected chi connectivity index (χ3v) is 3.68. The average Bonchev–Trinajstić information content (AvgIpc) is 2.97. The fourth-order valence-electron chi connectivity index (χ4n) is 2.51. The molecule has 2 N–H and O–H groups in total. The van der Waals surface area contributed by atoms with E-state index >= 15 is 0 Å². The Labute approximate surface area is 117 Å². The van der Waals surface area contributed by atoms with Gasteiger partial charge in [0.15, 0.2) is 0 Å². The zero-order valence-corrected chi connectivity index (χ0v) is 11.1. The van der Waals surface area contributed by atoms with Crippen LogP contribution in [0.25, 0.3) is 11.3 Å². The van der Waals surface area contributed by atoms with E-state index in [0.717, 1.165) is 11.3 Å². The molecule has 104 valence electrons. The first-order chi connectivity index (χ1) is 9.75. The van der Waals surface area contributed by atoms with Crippen LogP contribution in [-0.4, -0.2) is 45.3 Å². The van der Waals surface area contributed by atoms with Gasteiger partial charge in [0.1, 0.15) is 0 Å². The average molecular weight is 271 g/mol. The Morgan fingerprint density at radius 3 is 2.65 bits per heavy atom. The summed E-state index contributed by atoms with van der Waals surface area (Å²) in [5.41, 5.74) is 2.29. The van der Waals surface area contributed by atoms with Gasteiger partial charge in [0, 0.05) is 18.7 Å². The highest BCUT2D eigenvalue weighted by Crippen LogP contribution is 2.23. The van der Waals surface area contributed by atoms with Gasteiger partial charge in [-0.2, -0.15) is 5.10 Å². The van der Waals surface area contributed by atoms with Crippen LogP contribution in [0.3, 0.4) is 0 Å². The molecule has 0 atom stereocenters. The van der Waals surface area contributed by atoms with E-state index in [9.17, 15) is 9.90 Å². The molecule has 1 aliphatic rings. The van der Waals surface area contributed by atoms with Crippen LogP contribution in [0.4, 0.5) is 0 Å². The zero-order chi connectivity index (χ0) is 13.9. The number of nitrogens with zero attached hydrogens (tertiary/aromatic N) is 2. The predicted molar refractivity (Wildman–Crippen MR) is 75.2 cm³/mol. The lowest BCUT2D eigenvalue weighted by Crippen LogP contribution is -2.40. The van der Waals surface area contributed by atoms with Gasteiger partial charge < -0.3 is 10.0 Å². The van der Waals surface area contributed by atoms with Crippen molar-refractivity contribution in [3.05, 3.63) is 42.1 Å². The molecule has 5 heteroatoms. The van der Waals surface area contributed by atoms with E-state index in [1.54, 1.807) is 11.1 Å². The molecule has 5 nitrogen and oxygen atoms in total. The quantitative estimate of drug-likeness (QED) is 0.873. The van der Waals surface area contributed by atoms with Crippen LogP contribution in [0, 0.1) is 0 Å². The van der Waals surface area contributed by atoms with Crippen LogP contribution in [-0.2, 0) is 0 Å². The fraction of sp³-hybridized carbons (Fsp3) is 0.333. The van der Waals surface area contributed by atoms with Crippen molar-refractivity contribution in [1.82, 2.24) is 15.1 Å². The van der Waals surface area contributed by atoms with Crippen molar-refractivity contribution in [2.24, 2.45) is 0 Å². The summed E-state index contributed by atoms with van der Waals surface area (Å²) in [5.74, 6) is -0.0236. The maximum absolute atomic E-state index is 12.5. The monoisotopic (exact) mass is 271 g/mol. The normalized spacial score (nSPS) is 16.4. The Morgan fingerprint density at radius 1 is 1.25 bits per heavy atom. The number of aliphatic hydroxyl groups excluding tert-OH is 1. The molecule has 0 radical (unpaired) electrons. The standard InChI is InChI=1S/C15H17N3O2/c19-12-6-8-18(9-7-12)15(20)13-10-16-17-14(13)11-4-2-1-3-5-11/h1-5,10,12,19H,6-9H2,(H,16,17). The molecule has 1 amide bonds. The van der Waals surface area contributed by atoms with Crippen molar-refractivity contribution in [1.29, 1.82) is 0 Å². The van der Waals surface area contributed by atoms with Crippen molar-refractivity contribution in [2.45, 2.75) is 18.9 Å². The second kappa shape index (κ2) is 5.46. The number of carbonyl (C=O) groups excluding carboxylic acids is 1. The van der Waals surface area contributed by atoms with Crippen molar-refractivity contribution in [3.63, 3.8) is 0 Å². The summed E-state index contributed by atoms with van der Waals surface area (Å²) >= 11 is 0. The molecule has 1 aliphatic heterocycles. The highest BCUT2D eigenvalue weighted by molar-refractivity contribution is 5.99. The molecular formula is C15H17N3O2. The van der Waals surface area contributed by atoms with Crippen molar-refractivity contribution in [2.75, 3.05) is 13.1 Å². The zero-order valence-electron chi connectivity index (χ0n) is 11.1. The van der Waals surface area contributed by atoms with E-state index in [2.05, 4.69) is 10.2 Å². The summed E-state index contributed by atoms with van der Waals surface area (Å²) in [4.78, 5) is 14.3. The molecule has 0 spiro atoms. The fourth-order valence-corrected chi connectivity index (χ4v) is 2.51. The molecule has 20 heavy (non-hydrogen) atoms. The van der Waals surface area contributed by atoms with Crippen LogP contribution in [0.2, 0.25) is 0 Å². The van der Waals surface area contributed by atoms with E-state index in [1.807, 2.05) is 30.3 Å². The van der Waals surface area contributed by atoms with Gasteiger partial charge >= 0.3 is 0 Å². The number of nitrogens with one attached hydrogen (secondary N) is 1. The van der Waals surface area contributed by atoms with Crippen molar-refractivity contribution in [3.8, 4) is 11.3 Å². The first kappa shape index (κ1) is 12.9. The number of aliphatic hydroxyl groups is 1. The van der Waals surface area contributed by atoms with Gasteiger partial charge in [0.25, 0.3) is 5.91 Å². The summed E-state index contributed by atoms with van der Waals surface area (Å²) in [5, 5.41) is 16.4. The minimum atomic E-state index is -0.281. The first-order valence-electron chi connectivity index (χ1n) is 6.82. The summed E-state index contributed by atoms with van der Waals surface area (Å²) in [7, 11) is 0. The molecule has 2 aromatic rings. The van der Waals surface area contributed by atoms with Crippen LogP contribution < -0.4 is 0 Å². The number of aromatic nitrogens is 2. The molecule has 1 fully saturated rings. The number of likely N-dealkylation sites (tertiary alicyclic amines) is 1. The smallest absolute Gasteiger partial charge is 0.257 e. The highest BCUT2D eigenvalue weighted by atomic mass is 16.3. The first-order valence-corrected chi connectivity index (χ1v) is 6.82. The molecule has 0 bridgehead atoms. The van der Waals surface area contributed by atoms with Gasteiger partial charge in [-0.15, -0.1) is 0 Å². The Kier molecular flexibility index (Phi) is 3.52. The van der Waals surface area contributed by atoms with Gasteiger partial charge in [-0.3, -0.25) is 9.89 Å². The second-order valence-electron chi connectivity index (χ2n) is 5.05. The lowest BCUT2D eigenvalue weighted by atomic mass is 10.0. The number of amides is 1. The lowest BCUT2D eigenvalue weighted by molar-refractivity contribution is 0.0547. The van der Waals surface area contributed by atoms with E-state index < -0.39 is 0 Å². The minimum Gasteiger partial charge on any atom is -0.393 e. The second-order valence-corrected chi connectivity index (χ2v) is 5.05. The number of piperidine rings is 1. The van der Waals surface area contributed by atoms with Crippen LogP contribution in [0.15, 0.2) is 36.5 Å². The number of carbonyl (C=O) groups is 1. The maximum Gasteiger partial charge on any atom is 0.257 e. The van der Waals surface area contributed by atoms with Gasteiger partial charge in [-0.05, 0) is 12.8 Å². The molecule has 0 aliphatic carbocycles. The summed E-state index contributed by atoms with van der Waals surface area (Å²) in [6.07, 6.45) is 2.58. The third kappa shape index (κ3) is 2.44. The van der Waals surface area contributed by atoms with Gasteiger partial charge in [0.2, 0.25) is 0 Å². The van der Waals surface area contributed by atoms with Gasteiger partial charge in [0.05, 0.1) is 23.6 Å². The third-order valence-electron chi connectivity index (χ3n) is 3.68. The maximum atomic E-state index is 12.5. The SMILES string of the molecule is O=C(c1cn[nH]c1-c1ccccc1)N1CCC(O)CC1. The van der Waals surface area contributed by atoms with E-state index in [-0.39, 0.29) is 12.0 Å². The number of rotatable bonds is 2. The number of aromatic amines is 1. The van der Waals surface area contributed by atoms with Crippen LogP contribution in [0.1, 0.15) is 23.2 Å². The number of benzene rings is 1. The molecule has 1 saturated heterocycles. The van der Waals surface area contributed by atoms with Gasteiger partial charge in [-0.1, -0.05) is 30.3 Å². The molecule has 0 unspecified atom stereocenters. The number of hydrogen-bond acceptors (Lipinski definition) is 3. The minimum absolute atomic E-state index is 0.0236. The number of H-pyrrole nitrogens is 1. The number of hydrogen-bond donors (Lipinski definition) is 2. The molecule has 3 rings (SSSR count). The predicted octanol–water partition coefficient (Wildman–Crippen LogP) is 1.67. The highest BCUT2D eigenvalue weighted by Gasteiger charge is 2.25. The Bertz CT molecular complexity index is 586. The van der Waals surface area contributed by atoms with E-state index in [4.69, 9.17) is 0 Å². The Morgan fingerprint density at radius 2 is 1.95 bits per heavy atom. The molecular weight excluding hydrogens is 254 g/mol. The molecule has 2 heterocycles. The lowest BCUT2D eigenvalue weighted by Gasteiger charge is -2.29. The van der Waals surface area contributed by atoms with Crippen LogP contribution >= 0.6 is 0 Å². The molecule has 0 saturated carbocycles. The van der Waals surface area contributed by atoms with Crippen molar-refractivity contribution < 1.29 is 9.90 Å². The van der Waals surface area contributed by atoms with Gasteiger partial charge in [-0.25, -0.2) is 0 Å². The van der Waals surface area contributed by atoms with Crippen molar-refractivity contribution >= 4 is 5.91 Å². The summed E-state index contributed by atoms with van der Waals surface area (Å²) < 4.78 is 0. The summed E-state index contributed by atoms with van der Waals surface area (Å²) in [6, 6.07) is 9.70. The Balaban J connectivity index is 1.85. The Hall–Kier alpha value is -2.14. The topological polar surface area (TPSA) is 69.2 Å². The van der Waals surface area contributed by atoms with E-state index in [1.165, 1.54) is 0 Å². The van der Waals surface area contributed by atoms with Crippen LogP contribution in [0.5, 0.6) is 0 Å². The largest absolute Gasteiger partial charge is 0.393 e. The molecule has 1 aromatic heterocycles.